The van der Waals surface area contributed by atoms with Crippen molar-refractivity contribution in [2.24, 2.45) is 7.05 Å². The van der Waals surface area contributed by atoms with Crippen molar-refractivity contribution < 1.29 is 9.18 Å². The molecule has 1 amide bonds. The van der Waals surface area contributed by atoms with Crippen LogP contribution in [0, 0.1) is 5.82 Å². The van der Waals surface area contributed by atoms with Gasteiger partial charge in [-0.2, -0.15) is 5.10 Å². The first-order valence-electron chi connectivity index (χ1n) is 6.23. The lowest BCUT2D eigenvalue weighted by molar-refractivity contribution is 0.102. The Morgan fingerprint density at radius 1 is 1.50 bits per heavy atom. The zero-order valence-corrected chi connectivity index (χ0v) is 11.6. The van der Waals surface area contributed by atoms with Crippen LogP contribution in [0.3, 0.4) is 0 Å². The van der Waals surface area contributed by atoms with E-state index < -0.39 is 11.7 Å². The molecular weight excluding hydrogens is 261 g/mol. The molecule has 0 bridgehead atoms. The predicted octanol–water partition coefficient (Wildman–Crippen LogP) is 1.81. The highest BCUT2D eigenvalue weighted by Gasteiger charge is 2.17. The smallest absolute Gasteiger partial charge is 0.258 e. The Hall–Kier alpha value is -2.44. The quantitative estimate of drug-likeness (QED) is 0.894. The summed E-state index contributed by atoms with van der Waals surface area (Å²) in [5, 5.41) is 9.49. The van der Waals surface area contributed by atoms with Crippen molar-refractivity contribution in [1.29, 1.82) is 0 Å². The van der Waals surface area contributed by atoms with Gasteiger partial charge in [-0.05, 0) is 12.5 Å². The summed E-state index contributed by atoms with van der Waals surface area (Å²) in [5.74, 6) is -1.15. The van der Waals surface area contributed by atoms with Crippen molar-refractivity contribution in [2.75, 3.05) is 17.7 Å². The van der Waals surface area contributed by atoms with E-state index in [0.29, 0.717) is 12.1 Å². The fourth-order valence-corrected chi connectivity index (χ4v) is 1.88. The summed E-state index contributed by atoms with van der Waals surface area (Å²) < 4.78 is 15.6. The number of anilines is 2. The fraction of sp³-hybridized carbons (Fsp3) is 0.308. The Kier molecular flexibility index (Phi) is 3.97. The number of carbonyl (C=O) groups is 1. The average molecular weight is 277 g/mol. The zero-order chi connectivity index (χ0) is 14.7. The van der Waals surface area contributed by atoms with E-state index in [-0.39, 0.29) is 11.4 Å². The molecule has 6 nitrogen and oxygen atoms in total. The Labute approximate surface area is 116 Å². The Morgan fingerprint density at radius 3 is 2.90 bits per heavy atom. The molecule has 0 aromatic carbocycles. The van der Waals surface area contributed by atoms with Crippen molar-refractivity contribution >= 4 is 17.4 Å². The van der Waals surface area contributed by atoms with Crippen molar-refractivity contribution in [3.63, 3.8) is 0 Å². The molecule has 2 rings (SSSR count). The third kappa shape index (κ3) is 2.61. The lowest BCUT2D eigenvalue weighted by Gasteiger charge is -2.07. The number of nitrogens with zero attached hydrogens (tertiary/aromatic N) is 3. The second-order valence-electron chi connectivity index (χ2n) is 4.24. The highest BCUT2D eigenvalue weighted by atomic mass is 19.1. The van der Waals surface area contributed by atoms with E-state index in [4.69, 9.17) is 0 Å². The van der Waals surface area contributed by atoms with Gasteiger partial charge in [0.15, 0.2) is 11.6 Å². The van der Waals surface area contributed by atoms with Crippen LogP contribution in [0.4, 0.5) is 15.9 Å². The number of rotatable bonds is 4. The number of hydrogen-bond acceptors (Lipinski definition) is 4. The third-order valence-electron chi connectivity index (χ3n) is 2.86. The molecule has 0 spiro atoms. The van der Waals surface area contributed by atoms with Gasteiger partial charge >= 0.3 is 0 Å². The topological polar surface area (TPSA) is 71.8 Å². The van der Waals surface area contributed by atoms with Crippen molar-refractivity contribution in [3.05, 3.63) is 35.5 Å². The van der Waals surface area contributed by atoms with Crippen LogP contribution in [0.5, 0.6) is 0 Å². The molecule has 2 heterocycles. The molecule has 0 unspecified atom stereocenters. The van der Waals surface area contributed by atoms with Crippen molar-refractivity contribution in [1.82, 2.24) is 14.8 Å². The molecule has 0 radical (unpaired) electrons. The van der Waals surface area contributed by atoms with Crippen LogP contribution >= 0.6 is 0 Å². The van der Waals surface area contributed by atoms with Crippen LogP contribution in [0.25, 0.3) is 0 Å². The van der Waals surface area contributed by atoms with E-state index in [1.54, 1.807) is 25.0 Å². The van der Waals surface area contributed by atoms with Crippen LogP contribution in [0.2, 0.25) is 0 Å². The summed E-state index contributed by atoms with van der Waals surface area (Å²) in [6.07, 6.45) is 3.75. The summed E-state index contributed by atoms with van der Waals surface area (Å²) in [7, 11) is 3.31. The molecule has 0 fully saturated rings. The molecule has 2 aromatic heterocycles. The molecule has 0 saturated carbocycles. The van der Waals surface area contributed by atoms with Gasteiger partial charge in [-0.25, -0.2) is 9.37 Å². The maximum absolute atomic E-state index is 14.0. The van der Waals surface area contributed by atoms with Crippen molar-refractivity contribution in [2.45, 2.75) is 13.3 Å². The van der Waals surface area contributed by atoms with Gasteiger partial charge in [0.1, 0.15) is 0 Å². The number of pyridine rings is 1. The van der Waals surface area contributed by atoms with E-state index in [2.05, 4.69) is 20.7 Å². The van der Waals surface area contributed by atoms with Crippen LogP contribution < -0.4 is 10.6 Å². The molecule has 2 N–H and O–H groups in total. The second-order valence-corrected chi connectivity index (χ2v) is 4.24. The monoisotopic (exact) mass is 277 g/mol. The van der Waals surface area contributed by atoms with Gasteiger partial charge in [0.25, 0.3) is 5.91 Å². The first kappa shape index (κ1) is 14.0. The first-order valence-corrected chi connectivity index (χ1v) is 6.23. The first-order chi connectivity index (χ1) is 9.56. The van der Waals surface area contributed by atoms with Crippen molar-refractivity contribution in [3.8, 4) is 0 Å². The summed E-state index contributed by atoms with van der Waals surface area (Å²) >= 11 is 0. The van der Waals surface area contributed by atoms with Gasteiger partial charge in [-0.1, -0.05) is 6.92 Å². The summed E-state index contributed by atoms with van der Waals surface area (Å²) in [6.45, 7) is 1.93. The van der Waals surface area contributed by atoms with Gasteiger partial charge in [0, 0.05) is 26.5 Å². The van der Waals surface area contributed by atoms with Gasteiger partial charge < -0.3 is 10.6 Å². The molecule has 0 aliphatic rings. The maximum Gasteiger partial charge on any atom is 0.258 e. The van der Waals surface area contributed by atoms with Crippen LogP contribution in [-0.2, 0) is 13.5 Å². The van der Waals surface area contributed by atoms with E-state index >= 15 is 0 Å². The molecule has 0 saturated heterocycles. The minimum atomic E-state index is -0.672. The predicted molar refractivity (Wildman–Crippen MR) is 74.3 cm³/mol. The highest BCUT2D eigenvalue weighted by molar-refractivity contribution is 6.05. The Bertz CT molecular complexity index is 638. The van der Waals surface area contributed by atoms with E-state index in [0.717, 1.165) is 5.69 Å². The lowest BCUT2D eigenvalue weighted by Crippen LogP contribution is -2.15. The standard InChI is InChI=1S/C13H16FN5O/c1-4-9-10(7-19(3)18-9)17-13(20)8-5-6-16-12(15-2)11(8)14/h5-7H,4H2,1-3H3,(H,15,16)(H,17,20). The van der Waals surface area contributed by atoms with Gasteiger partial charge in [-0.15, -0.1) is 0 Å². The molecule has 2 aromatic rings. The Morgan fingerprint density at radius 2 is 2.25 bits per heavy atom. The number of aryl methyl sites for hydroxylation is 2. The molecule has 0 atom stereocenters. The zero-order valence-electron chi connectivity index (χ0n) is 11.6. The second kappa shape index (κ2) is 5.68. The average Bonchev–Trinajstić information content (AvgIpc) is 2.78. The summed E-state index contributed by atoms with van der Waals surface area (Å²) in [6, 6.07) is 1.34. The molecule has 20 heavy (non-hydrogen) atoms. The van der Waals surface area contributed by atoms with E-state index in [1.165, 1.54) is 12.3 Å². The number of aromatic nitrogens is 3. The molecule has 7 heteroatoms. The lowest BCUT2D eigenvalue weighted by atomic mass is 10.2. The third-order valence-corrected chi connectivity index (χ3v) is 2.86. The Balaban J connectivity index is 2.28. The minimum Gasteiger partial charge on any atom is -0.371 e. The van der Waals surface area contributed by atoms with Crippen LogP contribution in [-0.4, -0.2) is 27.7 Å². The number of hydrogen-bond donors (Lipinski definition) is 2. The number of nitrogens with one attached hydrogen (secondary N) is 2. The molecule has 0 aliphatic heterocycles. The number of halogens is 1. The van der Waals surface area contributed by atoms with Gasteiger partial charge in [0.05, 0.1) is 16.9 Å². The van der Waals surface area contributed by atoms with Gasteiger partial charge in [0.2, 0.25) is 0 Å². The number of carbonyl (C=O) groups excluding carboxylic acids is 1. The summed E-state index contributed by atoms with van der Waals surface area (Å²) in [4.78, 5) is 15.9. The van der Waals surface area contributed by atoms with Crippen LogP contribution in [0.15, 0.2) is 18.5 Å². The molecule has 0 aliphatic carbocycles. The largest absolute Gasteiger partial charge is 0.371 e. The molecule has 106 valence electrons. The maximum atomic E-state index is 14.0. The summed E-state index contributed by atoms with van der Waals surface area (Å²) in [5.41, 5.74) is 1.28. The number of amides is 1. The van der Waals surface area contributed by atoms with E-state index in [1.807, 2.05) is 6.92 Å². The fourth-order valence-electron chi connectivity index (χ4n) is 1.88. The highest BCUT2D eigenvalue weighted by Crippen LogP contribution is 2.18. The SMILES string of the molecule is CCc1nn(C)cc1NC(=O)c1ccnc(NC)c1F. The van der Waals surface area contributed by atoms with Gasteiger partial charge in [-0.3, -0.25) is 9.48 Å². The normalized spacial score (nSPS) is 10.4. The molecular formula is C13H16FN5O. The van der Waals surface area contributed by atoms with Crippen LogP contribution in [0.1, 0.15) is 23.0 Å². The minimum absolute atomic E-state index is 0.0413. The van der Waals surface area contributed by atoms with E-state index in [9.17, 15) is 9.18 Å².